The lowest BCUT2D eigenvalue weighted by Gasteiger charge is -2.16. The second-order valence-corrected chi connectivity index (χ2v) is 10.9. The van der Waals surface area contributed by atoms with Gasteiger partial charge in [0.2, 0.25) is 0 Å². The highest BCUT2D eigenvalue weighted by Gasteiger charge is 2.27. The Bertz CT molecular complexity index is 1660. The number of carboxylic acids is 1. The zero-order valence-corrected chi connectivity index (χ0v) is 21.8. The summed E-state index contributed by atoms with van der Waals surface area (Å²) in [6, 6.07) is 21.3. The molecule has 4 rings (SSSR count). The van der Waals surface area contributed by atoms with Crippen LogP contribution in [0.1, 0.15) is 21.6 Å². The van der Waals surface area contributed by atoms with Crippen molar-refractivity contribution in [1.82, 2.24) is 9.29 Å². The Morgan fingerprint density at radius 1 is 0.947 bits per heavy atom. The first-order chi connectivity index (χ1) is 18.1. The van der Waals surface area contributed by atoms with Crippen LogP contribution < -0.4 is 5.32 Å². The highest BCUT2D eigenvalue weighted by molar-refractivity contribution is 7.90. The molecule has 0 bridgehead atoms. The molecule has 0 saturated heterocycles. The molecule has 192 valence electrons. The van der Waals surface area contributed by atoms with E-state index in [0.717, 1.165) is 15.1 Å². The van der Waals surface area contributed by atoms with Gasteiger partial charge in [-0.15, -0.1) is 0 Å². The van der Waals surface area contributed by atoms with E-state index in [0.29, 0.717) is 11.1 Å². The molecule has 0 aliphatic rings. The zero-order chi connectivity index (χ0) is 27.4. The monoisotopic (exact) mass is 567 g/mol. The molecule has 0 aliphatic heterocycles. The highest BCUT2D eigenvalue weighted by atomic mass is 35.5. The van der Waals surface area contributed by atoms with Gasteiger partial charge >= 0.3 is 5.97 Å². The fourth-order valence-corrected chi connectivity index (χ4v) is 5.88. The normalized spacial score (nSPS) is 11.9. The predicted octanol–water partition coefficient (Wildman–Crippen LogP) is 5.00. The largest absolute Gasteiger partial charge is 0.480 e. The van der Waals surface area contributed by atoms with E-state index in [1.54, 1.807) is 42.5 Å². The minimum Gasteiger partial charge on any atom is -0.480 e. The Balaban J connectivity index is 1.54. The standard InChI is InChI=1S/C27H19Cl2N3O5S/c28-21-13-22(29)15-23(14-21)38(36,37)32-10-2-5-25(32)26(33)31-24(27(34)35)12-17-6-8-19(9-7-17)20-4-1-3-18(11-20)16-30/h1-11,13-15,24H,12H2,(H,31,33)(H,34,35)/t24-/m0/s1. The van der Waals surface area contributed by atoms with Crippen molar-refractivity contribution in [3.63, 3.8) is 0 Å². The van der Waals surface area contributed by atoms with Gasteiger partial charge in [0.05, 0.1) is 16.5 Å². The Hall–Kier alpha value is -4.10. The van der Waals surface area contributed by atoms with Crippen molar-refractivity contribution in [1.29, 1.82) is 5.26 Å². The number of hydrogen-bond acceptors (Lipinski definition) is 5. The van der Waals surface area contributed by atoms with Crippen LogP contribution in [0, 0.1) is 11.3 Å². The lowest BCUT2D eigenvalue weighted by atomic mass is 9.99. The van der Waals surface area contributed by atoms with Crippen LogP contribution in [0.3, 0.4) is 0 Å². The molecule has 0 radical (unpaired) electrons. The van der Waals surface area contributed by atoms with E-state index < -0.39 is 27.9 Å². The summed E-state index contributed by atoms with van der Waals surface area (Å²) in [7, 11) is -4.25. The first-order valence-corrected chi connectivity index (χ1v) is 13.3. The van der Waals surface area contributed by atoms with E-state index in [2.05, 4.69) is 11.4 Å². The third-order valence-electron chi connectivity index (χ3n) is 5.66. The molecule has 1 amide bonds. The Morgan fingerprint density at radius 3 is 2.26 bits per heavy atom. The number of hydrogen-bond donors (Lipinski definition) is 2. The molecule has 2 N–H and O–H groups in total. The van der Waals surface area contributed by atoms with Crippen LogP contribution in [-0.4, -0.2) is 35.4 Å². The van der Waals surface area contributed by atoms with Crippen molar-refractivity contribution < 1.29 is 23.1 Å². The number of nitrogens with one attached hydrogen (secondary N) is 1. The summed E-state index contributed by atoms with van der Waals surface area (Å²) in [5.74, 6) is -2.17. The second kappa shape index (κ2) is 11.1. The van der Waals surface area contributed by atoms with Crippen LogP contribution in [0.2, 0.25) is 10.0 Å². The second-order valence-electron chi connectivity index (χ2n) is 8.26. The number of aromatic nitrogens is 1. The van der Waals surface area contributed by atoms with Gasteiger partial charge in [0.25, 0.3) is 15.9 Å². The minimum atomic E-state index is -4.25. The Labute approximate surface area is 228 Å². The summed E-state index contributed by atoms with van der Waals surface area (Å²) in [5, 5.41) is 21.4. The highest BCUT2D eigenvalue weighted by Crippen LogP contribution is 2.25. The number of aliphatic carboxylic acids is 1. The molecule has 0 unspecified atom stereocenters. The van der Waals surface area contributed by atoms with E-state index in [9.17, 15) is 23.1 Å². The van der Waals surface area contributed by atoms with Crippen molar-refractivity contribution >= 4 is 45.1 Å². The topological polar surface area (TPSA) is 129 Å². The summed E-state index contributed by atoms with van der Waals surface area (Å²) in [4.78, 5) is 24.7. The number of halogens is 2. The number of carbonyl (C=O) groups excluding carboxylic acids is 1. The van der Waals surface area contributed by atoms with Crippen LogP contribution in [0.4, 0.5) is 0 Å². The average molecular weight is 568 g/mol. The van der Waals surface area contributed by atoms with Gasteiger partial charge in [-0.25, -0.2) is 17.2 Å². The van der Waals surface area contributed by atoms with E-state index in [1.165, 1.54) is 36.5 Å². The molecule has 1 aromatic heterocycles. The smallest absolute Gasteiger partial charge is 0.326 e. The van der Waals surface area contributed by atoms with Gasteiger partial charge in [0.15, 0.2) is 0 Å². The van der Waals surface area contributed by atoms with Gasteiger partial charge in [-0.1, -0.05) is 59.6 Å². The average Bonchev–Trinajstić information content (AvgIpc) is 3.39. The first kappa shape index (κ1) is 26.9. The molecule has 0 spiro atoms. The van der Waals surface area contributed by atoms with E-state index in [4.69, 9.17) is 28.5 Å². The van der Waals surface area contributed by atoms with Crippen LogP contribution in [0.15, 0.2) is 90.0 Å². The lowest BCUT2D eigenvalue weighted by Crippen LogP contribution is -2.43. The van der Waals surface area contributed by atoms with Crippen LogP contribution in [0.25, 0.3) is 11.1 Å². The van der Waals surface area contributed by atoms with E-state index >= 15 is 0 Å². The Morgan fingerprint density at radius 2 is 1.63 bits per heavy atom. The van der Waals surface area contributed by atoms with Crippen molar-refractivity contribution in [2.75, 3.05) is 0 Å². The zero-order valence-electron chi connectivity index (χ0n) is 19.5. The summed E-state index contributed by atoms with van der Waals surface area (Å²) >= 11 is 11.9. The molecular formula is C27H19Cl2N3O5S. The number of nitriles is 1. The summed E-state index contributed by atoms with van der Waals surface area (Å²) in [5.41, 5.74) is 2.55. The van der Waals surface area contributed by atoms with Crippen molar-refractivity contribution in [2.45, 2.75) is 17.4 Å². The summed E-state index contributed by atoms with van der Waals surface area (Å²) in [6.07, 6.45) is 1.13. The molecular weight excluding hydrogens is 549 g/mol. The number of amides is 1. The third-order valence-corrected chi connectivity index (χ3v) is 7.76. The summed E-state index contributed by atoms with van der Waals surface area (Å²) in [6.45, 7) is 0. The molecule has 11 heteroatoms. The molecule has 4 aromatic rings. The van der Waals surface area contributed by atoms with Gasteiger partial charge in [0.1, 0.15) is 11.7 Å². The van der Waals surface area contributed by atoms with Crippen LogP contribution in [-0.2, 0) is 21.2 Å². The molecule has 38 heavy (non-hydrogen) atoms. The number of nitrogens with zero attached hydrogens (tertiary/aromatic N) is 2. The molecule has 0 fully saturated rings. The lowest BCUT2D eigenvalue weighted by molar-refractivity contribution is -0.139. The third kappa shape index (κ3) is 5.89. The molecule has 3 aromatic carbocycles. The SMILES string of the molecule is N#Cc1cccc(-c2ccc(C[C@H](NC(=O)c3cccn3S(=O)(=O)c3cc(Cl)cc(Cl)c3)C(=O)O)cc2)c1. The first-order valence-electron chi connectivity index (χ1n) is 11.1. The fourth-order valence-electron chi connectivity index (χ4n) is 3.81. The molecule has 1 heterocycles. The number of rotatable bonds is 8. The number of carbonyl (C=O) groups is 2. The maximum absolute atomic E-state index is 13.2. The maximum Gasteiger partial charge on any atom is 0.326 e. The quantitative estimate of drug-likeness (QED) is 0.308. The van der Waals surface area contributed by atoms with Crippen molar-refractivity contribution in [3.8, 4) is 17.2 Å². The molecule has 0 aliphatic carbocycles. The van der Waals surface area contributed by atoms with Crippen molar-refractivity contribution in [2.24, 2.45) is 0 Å². The summed E-state index contributed by atoms with van der Waals surface area (Å²) < 4.78 is 27.1. The molecule has 1 atom stereocenters. The van der Waals surface area contributed by atoms with E-state index in [-0.39, 0.29) is 27.1 Å². The van der Waals surface area contributed by atoms with Gasteiger partial charge in [0, 0.05) is 22.7 Å². The van der Waals surface area contributed by atoms with Crippen LogP contribution >= 0.6 is 23.2 Å². The number of benzene rings is 3. The van der Waals surface area contributed by atoms with Crippen molar-refractivity contribution in [3.05, 3.63) is 112 Å². The fraction of sp³-hybridized carbons (Fsp3) is 0.0741. The number of carboxylic acid groups (broad SMARTS) is 1. The molecule has 8 nitrogen and oxygen atoms in total. The minimum absolute atomic E-state index is 0.0447. The van der Waals surface area contributed by atoms with Gasteiger partial charge in [-0.3, -0.25) is 4.79 Å². The van der Waals surface area contributed by atoms with E-state index in [1.807, 2.05) is 6.07 Å². The van der Waals surface area contributed by atoms with Gasteiger partial charge in [-0.05, 0) is 59.2 Å². The van der Waals surface area contributed by atoms with Crippen LogP contribution in [0.5, 0.6) is 0 Å². The Kier molecular flexibility index (Phi) is 7.88. The van der Waals surface area contributed by atoms with Gasteiger partial charge < -0.3 is 10.4 Å². The maximum atomic E-state index is 13.2. The molecule has 0 saturated carbocycles. The van der Waals surface area contributed by atoms with Gasteiger partial charge in [-0.2, -0.15) is 5.26 Å². The predicted molar refractivity (Wildman–Crippen MR) is 143 cm³/mol.